The lowest BCUT2D eigenvalue weighted by Crippen LogP contribution is -2.77. The van der Waals surface area contributed by atoms with Crippen LogP contribution in [0.25, 0.3) is 0 Å². The molecule has 8 aliphatic rings. The van der Waals surface area contributed by atoms with E-state index in [0.717, 1.165) is 25.7 Å². The van der Waals surface area contributed by atoms with Crippen LogP contribution < -0.4 is 0 Å². The summed E-state index contributed by atoms with van der Waals surface area (Å²) >= 11 is 0. The number of ketones is 1. The first kappa shape index (κ1) is 21.3. The van der Waals surface area contributed by atoms with E-state index in [1.54, 1.807) is 6.92 Å². The highest BCUT2D eigenvalue weighted by molar-refractivity contribution is 5.99. The highest BCUT2D eigenvalue weighted by atomic mass is 16.6. The normalized spacial score (nSPS) is 57.6. The number of hydrogen-bond acceptors (Lipinski definition) is 7. The first-order valence-electron chi connectivity index (χ1n) is 12.8. The highest BCUT2D eigenvalue weighted by Gasteiger charge is 2.94. The van der Waals surface area contributed by atoms with Crippen LogP contribution in [0.4, 0.5) is 0 Å². The van der Waals surface area contributed by atoms with Gasteiger partial charge in [0, 0.05) is 29.1 Å². The monoisotopic (exact) mass is 468 g/mol. The van der Waals surface area contributed by atoms with Crippen molar-refractivity contribution in [1.29, 1.82) is 0 Å². The van der Waals surface area contributed by atoms with Crippen LogP contribution in [-0.2, 0) is 33.4 Å². The molecular formula is C27H32O7. The van der Waals surface area contributed by atoms with Gasteiger partial charge in [-0.3, -0.25) is 19.2 Å². The molecule has 2 bridgehead atoms. The zero-order chi connectivity index (χ0) is 24.1. The lowest BCUT2D eigenvalue weighted by Gasteiger charge is -2.72. The highest BCUT2D eigenvalue weighted by Crippen LogP contribution is 2.88. The van der Waals surface area contributed by atoms with Crippen LogP contribution in [0.3, 0.4) is 0 Å². The Kier molecular flexibility index (Phi) is 3.66. The zero-order valence-electron chi connectivity index (χ0n) is 20.2. The molecular weight excluding hydrogens is 436 g/mol. The molecule has 0 N–H and O–H groups in total. The number of ether oxygens (including phenoxy) is 3. The van der Waals surface area contributed by atoms with Gasteiger partial charge in [-0.05, 0) is 56.8 Å². The van der Waals surface area contributed by atoms with Gasteiger partial charge in [0.25, 0.3) is 0 Å². The number of esters is 3. The maximum Gasteiger partial charge on any atom is 0.318 e. The number of carbonyl (C=O) groups is 4. The summed E-state index contributed by atoms with van der Waals surface area (Å²) in [5, 5.41) is 0. The minimum atomic E-state index is -0.665. The number of hydrogen-bond donors (Lipinski definition) is 0. The van der Waals surface area contributed by atoms with Crippen LogP contribution in [0.2, 0.25) is 0 Å². The minimum Gasteiger partial charge on any atom is -0.463 e. The fourth-order valence-electron chi connectivity index (χ4n) is 11.0. The summed E-state index contributed by atoms with van der Waals surface area (Å²) in [6.45, 7) is 7.54. The molecule has 2 saturated heterocycles. The molecule has 0 aromatic rings. The quantitative estimate of drug-likeness (QED) is 0.266. The van der Waals surface area contributed by atoms with Crippen molar-refractivity contribution in [3.05, 3.63) is 12.2 Å². The maximum absolute atomic E-state index is 13.5. The van der Waals surface area contributed by atoms with E-state index in [9.17, 15) is 19.2 Å². The number of carbonyl (C=O) groups excluding carboxylic acids is 4. The molecule has 0 amide bonds. The average molecular weight is 469 g/mol. The van der Waals surface area contributed by atoms with Gasteiger partial charge < -0.3 is 14.2 Å². The van der Waals surface area contributed by atoms with Gasteiger partial charge in [0.15, 0.2) is 0 Å². The van der Waals surface area contributed by atoms with Crippen LogP contribution in [0, 0.1) is 45.3 Å². The number of Topliss-reactive ketones (excluding diaryl/α,β-unsaturated/α-hetero) is 1. The molecule has 3 spiro atoms. The fraction of sp³-hybridized carbons (Fsp3) is 0.778. The summed E-state index contributed by atoms with van der Waals surface area (Å²) in [6.07, 6.45) is 8.43. The molecule has 7 heteroatoms. The fourth-order valence-corrected chi connectivity index (χ4v) is 11.0. The lowest BCUT2D eigenvalue weighted by atomic mass is 9.27. The molecule has 0 aromatic carbocycles. The molecule has 0 unspecified atom stereocenters. The van der Waals surface area contributed by atoms with Gasteiger partial charge in [0.1, 0.15) is 17.5 Å². The lowest BCUT2D eigenvalue weighted by molar-refractivity contribution is -0.238. The third kappa shape index (κ3) is 1.87. The Labute approximate surface area is 198 Å². The number of rotatable bonds is 2. The van der Waals surface area contributed by atoms with Crippen LogP contribution in [0.5, 0.6) is 0 Å². The first-order valence-corrected chi connectivity index (χ1v) is 12.8. The second-order valence-corrected chi connectivity index (χ2v) is 12.7. The maximum atomic E-state index is 13.5. The summed E-state index contributed by atoms with van der Waals surface area (Å²) in [6, 6.07) is 0. The predicted octanol–water partition coefficient (Wildman–Crippen LogP) is 3.14. The molecule has 182 valence electrons. The summed E-state index contributed by atoms with van der Waals surface area (Å²) in [5.74, 6) is -2.24. The standard InChI is InChI=1S/C27H32O7/c1-13(28)16-5-6-17-23(16,3)12-18-27(34-18)24(4)8-7-15(32-14(2)29)11-25(24)9-10-26(17,27)20-19(25)21(30)33-22(20)31/h9-10,15-20H,5-8,11-12H2,1-4H3/t15-,16+,17+,18-,19+,20+,23+,24-,25-,26+,27-/m0/s1. The van der Waals surface area contributed by atoms with Crippen LogP contribution in [0.15, 0.2) is 12.2 Å². The van der Waals surface area contributed by atoms with Gasteiger partial charge in [0.2, 0.25) is 0 Å². The van der Waals surface area contributed by atoms with Crippen molar-refractivity contribution in [2.45, 2.75) is 84.0 Å². The Morgan fingerprint density at radius 1 is 1.00 bits per heavy atom. The second-order valence-electron chi connectivity index (χ2n) is 12.7. The molecule has 6 fully saturated rings. The second kappa shape index (κ2) is 5.85. The Balaban J connectivity index is 1.47. The summed E-state index contributed by atoms with van der Waals surface area (Å²) in [4.78, 5) is 51.4. The van der Waals surface area contributed by atoms with Gasteiger partial charge in [-0.25, -0.2) is 0 Å². The Morgan fingerprint density at radius 3 is 2.44 bits per heavy atom. The first-order chi connectivity index (χ1) is 16.0. The SMILES string of the molecule is CC(=O)O[C@H]1CC[C@]2(C)[C@@]34O[C@H]3C[C@]3(C)[C@@H](C(C)=O)CC[C@H]3[C@@]43C=C[C@]2(C1)[C@H]1C(=O)OC(=O)[C@@H]13. The van der Waals surface area contributed by atoms with Gasteiger partial charge in [-0.2, -0.15) is 0 Å². The van der Waals surface area contributed by atoms with Crippen LogP contribution in [-0.4, -0.2) is 41.5 Å². The van der Waals surface area contributed by atoms with E-state index >= 15 is 0 Å². The number of epoxide rings is 1. The third-order valence-electron chi connectivity index (χ3n) is 11.9. The molecule has 0 aromatic heterocycles. The van der Waals surface area contributed by atoms with E-state index in [4.69, 9.17) is 14.2 Å². The van der Waals surface area contributed by atoms with Crippen molar-refractivity contribution in [3.63, 3.8) is 0 Å². The largest absolute Gasteiger partial charge is 0.463 e. The molecule has 2 aliphatic heterocycles. The molecule has 4 saturated carbocycles. The molecule has 8 rings (SSSR count). The number of fused-ring (bicyclic) bond motifs is 1. The van der Waals surface area contributed by atoms with Gasteiger partial charge in [0.05, 0.1) is 17.9 Å². The summed E-state index contributed by atoms with van der Waals surface area (Å²) in [7, 11) is 0. The summed E-state index contributed by atoms with van der Waals surface area (Å²) in [5.41, 5.74) is -2.55. The van der Waals surface area contributed by atoms with Crippen molar-refractivity contribution < 1.29 is 33.4 Å². The van der Waals surface area contributed by atoms with Crippen molar-refractivity contribution >= 4 is 23.7 Å². The third-order valence-corrected chi connectivity index (χ3v) is 11.9. The number of cyclic esters (lactones) is 2. The van der Waals surface area contributed by atoms with Crippen molar-refractivity contribution in [2.24, 2.45) is 45.3 Å². The van der Waals surface area contributed by atoms with Gasteiger partial charge in [-0.1, -0.05) is 26.0 Å². The molecule has 11 atom stereocenters. The Hall–Kier alpha value is -2.02. The van der Waals surface area contributed by atoms with E-state index in [2.05, 4.69) is 26.0 Å². The number of allylic oxidation sites excluding steroid dienone is 1. The molecule has 34 heavy (non-hydrogen) atoms. The molecule has 6 aliphatic carbocycles. The zero-order valence-corrected chi connectivity index (χ0v) is 20.2. The Morgan fingerprint density at radius 2 is 1.74 bits per heavy atom. The van der Waals surface area contributed by atoms with E-state index in [1.165, 1.54) is 6.92 Å². The predicted molar refractivity (Wildman–Crippen MR) is 117 cm³/mol. The van der Waals surface area contributed by atoms with Crippen LogP contribution in [0.1, 0.15) is 66.2 Å². The minimum absolute atomic E-state index is 0.0576. The van der Waals surface area contributed by atoms with E-state index in [0.29, 0.717) is 12.8 Å². The molecule has 2 heterocycles. The van der Waals surface area contributed by atoms with E-state index < -0.39 is 45.6 Å². The van der Waals surface area contributed by atoms with Crippen molar-refractivity contribution in [3.8, 4) is 0 Å². The van der Waals surface area contributed by atoms with Crippen LogP contribution >= 0.6 is 0 Å². The van der Waals surface area contributed by atoms with Gasteiger partial charge >= 0.3 is 17.9 Å². The average Bonchev–Trinajstić information content (AvgIpc) is 3.23. The van der Waals surface area contributed by atoms with Crippen molar-refractivity contribution in [2.75, 3.05) is 0 Å². The van der Waals surface area contributed by atoms with Gasteiger partial charge in [-0.15, -0.1) is 0 Å². The topological polar surface area (TPSA) is 99.3 Å². The molecule has 0 radical (unpaired) electrons. The van der Waals surface area contributed by atoms with E-state index in [1.807, 2.05) is 0 Å². The van der Waals surface area contributed by atoms with E-state index in [-0.39, 0.29) is 41.2 Å². The van der Waals surface area contributed by atoms with Crippen molar-refractivity contribution in [1.82, 2.24) is 0 Å². The summed E-state index contributed by atoms with van der Waals surface area (Å²) < 4.78 is 17.9. The Bertz CT molecular complexity index is 1110. The smallest absolute Gasteiger partial charge is 0.318 e. The molecule has 7 nitrogen and oxygen atoms in total.